The molecule has 7 heteroatoms. The molecule has 0 fully saturated rings. The fourth-order valence-corrected chi connectivity index (χ4v) is 2.48. The lowest BCUT2D eigenvalue weighted by molar-refractivity contribution is -0.123. The Kier molecular flexibility index (Phi) is 6.89. The van der Waals surface area contributed by atoms with Crippen molar-refractivity contribution in [3.05, 3.63) is 83.4 Å². The summed E-state index contributed by atoms with van der Waals surface area (Å²) < 4.78 is 5.46. The van der Waals surface area contributed by atoms with Crippen molar-refractivity contribution in [2.75, 3.05) is 6.61 Å². The second-order valence-electron chi connectivity index (χ2n) is 6.61. The zero-order chi connectivity index (χ0) is 21.3. The second-order valence-corrected chi connectivity index (χ2v) is 6.61. The molecule has 0 radical (unpaired) electrons. The lowest BCUT2D eigenvalue weighted by Crippen LogP contribution is -2.24. The minimum absolute atomic E-state index is 0.0121. The van der Waals surface area contributed by atoms with Crippen LogP contribution in [-0.4, -0.2) is 23.8 Å². The normalized spacial score (nSPS) is 11.1. The van der Waals surface area contributed by atoms with E-state index in [1.54, 1.807) is 12.1 Å². The maximum absolute atomic E-state index is 11.9. The molecule has 0 heterocycles. The van der Waals surface area contributed by atoms with Crippen molar-refractivity contribution in [3.8, 4) is 11.5 Å². The minimum Gasteiger partial charge on any atom is -0.507 e. The van der Waals surface area contributed by atoms with Gasteiger partial charge in [0.1, 0.15) is 11.5 Å². The van der Waals surface area contributed by atoms with E-state index in [-0.39, 0.29) is 12.4 Å². The summed E-state index contributed by atoms with van der Waals surface area (Å²) in [5, 5.41) is 22.1. The molecule has 0 saturated heterocycles. The fourth-order valence-electron chi connectivity index (χ4n) is 2.48. The van der Waals surface area contributed by atoms with Gasteiger partial charge in [-0.1, -0.05) is 24.3 Å². The average Bonchev–Trinajstić information content (AvgIpc) is 2.75. The van der Waals surface area contributed by atoms with E-state index < -0.39 is 5.91 Å². The molecule has 0 aliphatic heterocycles. The molecule has 0 aliphatic carbocycles. The van der Waals surface area contributed by atoms with E-state index in [1.807, 2.05) is 62.4 Å². The van der Waals surface area contributed by atoms with E-state index in [2.05, 4.69) is 20.8 Å². The van der Waals surface area contributed by atoms with Crippen LogP contribution in [0.1, 0.15) is 16.7 Å². The van der Waals surface area contributed by atoms with Crippen molar-refractivity contribution in [2.45, 2.75) is 13.8 Å². The average molecular weight is 402 g/mol. The third kappa shape index (κ3) is 6.00. The molecular formula is C23H22N4O3. The summed E-state index contributed by atoms with van der Waals surface area (Å²) in [4.78, 5) is 11.9. The second kappa shape index (κ2) is 9.97. The number of azo groups is 1. The van der Waals surface area contributed by atoms with Gasteiger partial charge in [0.05, 0.1) is 17.6 Å². The third-order valence-electron chi connectivity index (χ3n) is 4.29. The summed E-state index contributed by atoms with van der Waals surface area (Å²) in [5.41, 5.74) is 6.28. The van der Waals surface area contributed by atoms with Gasteiger partial charge in [-0.15, -0.1) is 0 Å². The van der Waals surface area contributed by atoms with Gasteiger partial charge in [-0.3, -0.25) is 4.79 Å². The number of hydrazone groups is 1. The van der Waals surface area contributed by atoms with Crippen LogP contribution in [0.4, 0.5) is 11.4 Å². The number of hydrogen-bond donors (Lipinski definition) is 2. The molecule has 3 aromatic rings. The van der Waals surface area contributed by atoms with Crippen LogP contribution in [0.2, 0.25) is 0 Å². The molecule has 0 bridgehead atoms. The molecule has 0 saturated carbocycles. The number of hydrogen-bond acceptors (Lipinski definition) is 6. The standard InChI is InChI=1S/C23H22N4O3/c1-16-8-10-21(12-17(16)2)30-15-23(29)27-24-14-18-13-20(9-11-22(18)28)26-25-19-6-4-3-5-7-19/h3-14,28H,15H2,1-2H3,(H,27,29)/b24-14+,26-25?. The van der Waals surface area contributed by atoms with Crippen molar-refractivity contribution in [1.29, 1.82) is 0 Å². The van der Waals surface area contributed by atoms with Crippen LogP contribution in [-0.2, 0) is 4.79 Å². The fraction of sp³-hybridized carbons (Fsp3) is 0.130. The van der Waals surface area contributed by atoms with Gasteiger partial charge >= 0.3 is 0 Å². The number of benzene rings is 3. The summed E-state index contributed by atoms with van der Waals surface area (Å²) in [6.45, 7) is 3.82. The van der Waals surface area contributed by atoms with Crippen LogP contribution in [0.15, 0.2) is 82.1 Å². The first-order valence-electron chi connectivity index (χ1n) is 9.33. The van der Waals surface area contributed by atoms with Gasteiger partial charge < -0.3 is 9.84 Å². The van der Waals surface area contributed by atoms with Crippen molar-refractivity contribution < 1.29 is 14.6 Å². The largest absolute Gasteiger partial charge is 0.507 e. The molecule has 0 aliphatic rings. The Bertz CT molecular complexity index is 1080. The quantitative estimate of drug-likeness (QED) is 0.332. The van der Waals surface area contributed by atoms with E-state index in [1.165, 1.54) is 12.3 Å². The highest BCUT2D eigenvalue weighted by Gasteiger charge is 2.04. The van der Waals surface area contributed by atoms with Gasteiger partial charge in [0, 0.05) is 5.56 Å². The van der Waals surface area contributed by atoms with Gasteiger partial charge in [-0.25, -0.2) is 5.43 Å². The summed E-state index contributed by atoms with van der Waals surface area (Å²) >= 11 is 0. The van der Waals surface area contributed by atoms with Crippen LogP contribution in [0, 0.1) is 13.8 Å². The summed E-state index contributed by atoms with van der Waals surface area (Å²) in [6.07, 6.45) is 1.34. The molecule has 3 rings (SSSR count). The molecule has 2 N–H and O–H groups in total. The Labute approximate surface area is 174 Å². The van der Waals surface area contributed by atoms with E-state index >= 15 is 0 Å². The molecule has 1 amide bonds. The minimum atomic E-state index is -0.413. The number of carbonyl (C=O) groups is 1. The van der Waals surface area contributed by atoms with Crippen molar-refractivity contribution in [1.82, 2.24) is 5.43 Å². The Hall–Kier alpha value is -4.00. The molecule has 0 unspecified atom stereocenters. The molecule has 30 heavy (non-hydrogen) atoms. The van der Waals surface area contributed by atoms with Crippen LogP contribution >= 0.6 is 0 Å². The Morgan fingerprint density at radius 1 is 0.967 bits per heavy atom. The van der Waals surface area contributed by atoms with Crippen LogP contribution in [0.3, 0.4) is 0 Å². The summed E-state index contributed by atoms with van der Waals surface area (Å²) in [7, 11) is 0. The van der Waals surface area contributed by atoms with E-state index in [4.69, 9.17) is 4.74 Å². The first kappa shape index (κ1) is 20.7. The third-order valence-corrected chi connectivity index (χ3v) is 4.29. The molecule has 0 spiro atoms. The lowest BCUT2D eigenvalue weighted by atomic mass is 10.1. The Morgan fingerprint density at radius 3 is 2.50 bits per heavy atom. The predicted molar refractivity (Wildman–Crippen MR) is 116 cm³/mol. The predicted octanol–water partition coefficient (Wildman–Crippen LogP) is 4.95. The molecular weight excluding hydrogens is 380 g/mol. The topological polar surface area (TPSA) is 95.6 Å². The van der Waals surface area contributed by atoms with Crippen LogP contribution in [0.5, 0.6) is 11.5 Å². The molecule has 3 aromatic carbocycles. The number of ether oxygens (including phenoxy) is 1. The monoisotopic (exact) mass is 402 g/mol. The number of carbonyl (C=O) groups excluding carboxylic acids is 1. The number of nitrogens with zero attached hydrogens (tertiary/aromatic N) is 3. The summed E-state index contributed by atoms with van der Waals surface area (Å²) in [5.74, 6) is 0.216. The van der Waals surface area contributed by atoms with Gasteiger partial charge in [0.15, 0.2) is 6.61 Å². The number of aryl methyl sites for hydroxylation is 2. The smallest absolute Gasteiger partial charge is 0.277 e. The number of nitrogens with one attached hydrogen (secondary N) is 1. The number of aromatic hydroxyl groups is 1. The number of amides is 1. The zero-order valence-corrected chi connectivity index (χ0v) is 16.7. The molecule has 0 aromatic heterocycles. The highest BCUT2D eigenvalue weighted by atomic mass is 16.5. The molecule has 0 atom stereocenters. The molecule has 152 valence electrons. The van der Waals surface area contributed by atoms with E-state index in [0.717, 1.165) is 16.8 Å². The van der Waals surface area contributed by atoms with Crippen molar-refractivity contribution in [2.24, 2.45) is 15.3 Å². The van der Waals surface area contributed by atoms with Gasteiger partial charge in [0.2, 0.25) is 0 Å². The van der Waals surface area contributed by atoms with Gasteiger partial charge in [-0.05, 0) is 67.4 Å². The van der Waals surface area contributed by atoms with Crippen LogP contribution in [0.25, 0.3) is 0 Å². The first-order valence-corrected chi connectivity index (χ1v) is 9.33. The van der Waals surface area contributed by atoms with E-state index in [9.17, 15) is 9.90 Å². The number of phenolic OH excluding ortho intramolecular Hbond substituents is 1. The molecule has 7 nitrogen and oxygen atoms in total. The Morgan fingerprint density at radius 2 is 1.73 bits per heavy atom. The van der Waals surface area contributed by atoms with E-state index in [0.29, 0.717) is 17.0 Å². The SMILES string of the molecule is Cc1ccc(OCC(=O)N/N=C/c2cc(N=Nc3ccccc3)ccc2O)cc1C. The highest BCUT2D eigenvalue weighted by Crippen LogP contribution is 2.24. The number of phenols is 1. The van der Waals surface area contributed by atoms with Gasteiger partial charge in [0.25, 0.3) is 5.91 Å². The van der Waals surface area contributed by atoms with Crippen LogP contribution < -0.4 is 10.2 Å². The summed E-state index contributed by atoms with van der Waals surface area (Å²) in [6, 6.07) is 19.7. The maximum Gasteiger partial charge on any atom is 0.277 e. The number of rotatable bonds is 7. The van der Waals surface area contributed by atoms with Crippen molar-refractivity contribution >= 4 is 23.5 Å². The maximum atomic E-state index is 11.9. The van der Waals surface area contributed by atoms with Gasteiger partial charge in [-0.2, -0.15) is 15.3 Å². The Balaban J connectivity index is 1.56. The van der Waals surface area contributed by atoms with Crippen molar-refractivity contribution in [3.63, 3.8) is 0 Å². The highest BCUT2D eigenvalue weighted by molar-refractivity contribution is 5.86. The zero-order valence-electron chi connectivity index (χ0n) is 16.7. The first-order chi connectivity index (χ1) is 14.5. The lowest BCUT2D eigenvalue weighted by Gasteiger charge is -2.07.